The first-order valence-electron chi connectivity index (χ1n) is 9.02. The van der Waals surface area contributed by atoms with E-state index in [0.717, 1.165) is 10.9 Å². The maximum Gasteiger partial charge on any atom is 0.336 e. The van der Waals surface area contributed by atoms with E-state index in [0.29, 0.717) is 23.9 Å². The Labute approximate surface area is 157 Å². The number of nitrogens with zero attached hydrogens (tertiary/aromatic N) is 3. The van der Waals surface area contributed by atoms with Crippen LogP contribution in [0, 0.1) is 5.92 Å². The van der Waals surface area contributed by atoms with Crippen LogP contribution >= 0.6 is 0 Å². The number of aromatic nitrogens is 3. The Kier molecular flexibility index (Phi) is 5.39. The number of Topliss-reactive ketones (excluding diaryl/α,β-unsaturated/α-hetero) is 1. The highest BCUT2D eigenvalue weighted by molar-refractivity contribution is 6.02. The van der Waals surface area contributed by atoms with Crippen molar-refractivity contribution in [3.8, 4) is 11.6 Å². The molecular weight excluding hydrogens is 346 g/mol. The molecule has 0 aliphatic rings. The van der Waals surface area contributed by atoms with Crippen molar-refractivity contribution >= 4 is 22.7 Å². The van der Waals surface area contributed by atoms with Gasteiger partial charge in [-0.3, -0.25) is 4.79 Å². The van der Waals surface area contributed by atoms with Crippen molar-refractivity contribution in [1.29, 1.82) is 0 Å². The molecule has 0 fully saturated rings. The molecule has 0 N–H and O–H groups in total. The number of ketones is 1. The molecule has 0 saturated heterocycles. The quantitative estimate of drug-likeness (QED) is 0.467. The Morgan fingerprint density at radius 3 is 2.63 bits per heavy atom. The average Bonchev–Trinajstić information content (AvgIpc) is 3.19. The van der Waals surface area contributed by atoms with Crippen molar-refractivity contribution < 1.29 is 18.7 Å². The van der Waals surface area contributed by atoms with Crippen molar-refractivity contribution in [2.45, 2.75) is 40.2 Å². The first kappa shape index (κ1) is 18.8. The maximum absolute atomic E-state index is 12.5. The van der Waals surface area contributed by atoms with E-state index in [9.17, 15) is 9.59 Å². The summed E-state index contributed by atoms with van der Waals surface area (Å²) in [7, 11) is 0. The number of hydrogen-bond acceptors (Lipinski definition) is 6. The molecule has 27 heavy (non-hydrogen) atoms. The van der Waals surface area contributed by atoms with Crippen LogP contribution in [-0.4, -0.2) is 33.1 Å². The topological polar surface area (TPSA) is 87.2 Å². The van der Waals surface area contributed by atoms with E-state index in [1.54, 1.807) is 11.5 Å². The van der Waals surface area contributed by atoms with Gasteiger partial charge in [-0.25, -0.2) is 4.79 Å². The second-order valence-corrected chi connectivity index (χ2v) is 6.82. The van der Waals surface area contributed by atoms with Crippen molar-refractivity contribution in [3.63, 3.8) is 0 Å². The molecule has 3 aromatic rings. The molecule has 142 valence electrons. The van der Waals surface area contributed by atoms with E-state index in [-0.39, 0.29) is 18.3 Å². The predicted octanol–water partition coefficient (Wildman–Crippen LogP) is 3.58. The molecule has 1 unspecified atom stereocenters. The molecule has 7 heteroatoms. The number of esters is 1. The maximum atomic E-state index is 12.5. The molecule has 2 aromatic heterocycles. The Bertz CT molecular complexity index is 971. The number of fused-ring (bicyclic) bond motifs is 1. The van der Waals surface area contributed by atoms with Gasteiger partial charge >= 0.3 is 5.97 Å². The molecule has 7 nitrogen and oxygen atoms in total. The number of hydrogen-bond donors (Lipinski definition) is 0. The molecule has 0 radical (unpaired) electrons. The summed E-state index contributed by atoms with van der Waals surface area (Å²) >= 11 is 0. The molecular formula is C20H23N3O4. The lowest BCUT2D eigenvalue weighted by atomic mass is 10.1. The average molecular weight is 369 g/mol. The monoisotopic (exact) mass is 369 g/mol. The smallest absolute Gasteiger partial charge is 0.336 e. The standard InChI is InChI=1S/C20H23N3O4/c1-5-26-20(25)18(13(4)24)23-15-9-7-6-8-14(15)11-16(23)19-22-21-17(27-19)10-12(2)3/h6-9,11-12,18H,5,10H2,1-4H3. The van der Waals surface area contributed by atoms with Crippen LogP contribution in [0.3, 0.4) is 0 Å². The van der Waals surface area contributed by atoms with Gasteiger partial charge in [0.1, 0.15) is 5.69 Å². The highest BCUT2D eigenvalue weighted by Crippen LogP contribution is 2.32. The number of rotatable bonds is 7. The fraction of sp³-hybridized carbons (Fsp3) is 0.400. The van der Waals surface area contributed by atoms with E-state index in [1.807, 2.05) is 30.3 Å². The van der Waals surface area contributed by atoms with Crippen molar-refractivity contribution in [1.82, 2.24) is 14.8 Å². The summed E-state index contributed by atoms with van der Waals surface area (Å²) in [5.41, 5.74) is 1.25. The molecule has 0 aliphatic heterocycles. The minimum atomic E-state index is -1.11. The lowest BCUT2D eigenvalue weighted by molar-refractivity contribution is -0.149. The van der Waals surface area contributed by atoms with Crippen LogP contribution in [0.4, 0.5) is 0 Å². The molecule has 0 saturated carbocycles. The second kappa shape index (κ2) is 7.73. The van der Waals surface area contributed by atoms with Crippen molar-refractivity contribution in [2.75, 3.05) is 6.61 Å². The van der Waals surface area contributed by atoms with Crippen LogP contribution < -0.4 is 0 Å². The lowest BCUT2D eigenvalue weighted by Gasteiger charge is -2.17. The summed E-state index contributed by atoms with van der Waals surface area (Å²) in [6.45, 7) is 7.40. The molecule has 1 aromatic carbocycles. The fourth-order valence-corrected chi connectivity index (χ4v) is 3.08. The third-order valence-corrected chi connectivity index (χ3v) is 4.17. The zero-order valence-corrected chi connectivity index (χ0v) is 15.9. The van der Waals surface area contributed by atoms with E-state index in [1.165, 1.54) is 6.92 Å². The molecule has 0 aliphatic carbocycles. The van der Waals surface area contributed by atoms with E-state index >= 15 is 0 Å². The lowest BCUT2D eigenvalue weighted by Crippen LogP contribution is -2.28. The molecule has 1 atom stereocenters. The van der Waals surface area contributed by atoms with E-state index in [2.05, 4.69) is 24.0 Å². The van der Waals surface area contributed by atoms with E-state index < -0.39 is 12.0 Å². The molecule has 0 bridgehead atoms. The molecule has 0 spiro atoms. The van der Waals surface area contributed by atoms with Crippen LogP contribution in [0.25, 0.3) is 22.5 Å². The second-order valence-electron chi connectivity index (χ2n) is 6.82. The van der Waals surface area contributed by atoms with Gasteiger partial charge in [0, 0.05) is 17.3 Å². The summed E-state index contributed by atoms with van der Waals surface area (Å²) < 4.78 is 12.6. The summed E-state index contributed by atoms with van der Waals surface area (Å²) in [6, 6.07) is 8.23. The number of carbonyl (C=O) groups excluding carboxylic acids is 2. The van der Waals surface area contributed by atoms with Crippen molar-refractivity contribution in [2.24, 2.45) is 5.92 Å². The Morgan fingerprint density at radius 2 is 1.96 bits per heavy atom. The van der Waals surface area contributed by atoms with Gasteiger partial charge in [0.25, 0.3) is 5.89 Å². The summed E-state index contributed by atoms with van der Waals surface area (Å²) in [4.78, 5) is 24.9. The Balaban J connectivity index is 2.18. The van der Waals surface area contributed by atoms with Gasteiger partial charge in [0.2, 0.25) is 5.89 Å². The number of para-hydroxylation sites is 1. The number of benzene rings is 1. The molecule has 3 rings (SSSR count). The van der Waals surface area contributed by atoms with Gasteiger partial charge in [-0.15, -0.1) is 10.2 Å². The summed E-state index contributed by atoms with van der Waals surface area (Å²) in [5, 5.41) is 9.11. The van der Waals surface area contributed by atoms with Crippen LogP contribution in [0.1, 0.15) is 39.6 Å². The minimum Gasteiger partial charge on any atom is -0.464 e. The summed E-state index contributed by atoms with van der Waals surface area (Å²) in [6.07, 6.45) is 0.654. The zero-order valence-electron chi connectivity index (χ0n) is 15.9. The molecule has 0 amide bonds. The first-order chi connectivity index (χ1) is 12.9. The van der Waals surface area contributed by atoms with Gasteiger partial charge in [-0.05, 0) is 31.9 Å². The van der Waals surface area contributed by atoms with Crippen molar-refractivity contribution in [3.05, 3.63) is 36.2 Å². The Morgan fingerprint density at radius 1 is 1.22 bits per heavy atom. The van der Waals surface area contributed by atoms with Gasteiger partial charge in [0.15, 0.2) is 11.8 Å². The van der Waals surface area contributed by atoms with E-state index in [4.69, 9.17) is 9.15 Å². The number of ether oxygens (including phenoxy) is 1. The molecule has 2 heterocycles. The highest BCUT2D eigenvalue weighted by Gasteiger charge is 2.31. The Hall–Kier alpha value is -2.96. The number of carbonyl (C=O) groups is 2. The van der Waals surface area contributed by atoms with Crippen LogP contribution in [0.2, 0.25) is 0 Å². The van der Waals surface area contributed by atoms with Crippen LogP contribution in [0.15, 0.2) is 34.7 Å². The van der Waals surface area contributed by atoms with Crippen LogP contribution in [0.5, 0.6) is 0 Å². The third-order valence-electron chi connectivity index (χ3n) is 4.17. The minimum absolute atomic E-state index is 0.191. The third kappa shape index (κ3) is 3.77. The van der Waals surface area contributed by atoms with Gasteiger partial charge in [-0.1, -0.05) is 32.0 Å². The largest absolute Gasteiger partial charge is 0.464 e. The van der Waals surface area contributed by atoms with Gasteiger partial charge < -0.3 is 13.7 Å². The summed E-state index contributed by atoms with van der Waals surface area (Å²) in [5.74, 6) is 0.242. The SMILES string of the molecule is CCOC(=O)C(C(C)=O)n1c(-c2nnc(CC(C)C)o2)cc2ccccc21. The first-order valence-corrected chi connectivity index (χ1v) is 9.02. The zero-order chi connectivity index (χ0) is 19.6. The fourth-order valence-electron chi connectivity index (χ4n) is 3.08. The predicted molar refractivity (Wildman–Crippen MR) is 100 cm³/mol. The van der Waals surface area contributed by atoms with Gasteiger partial charge in [0.05, 0.1) is 6.61 Å². The van der Waals surface area contributed by atoms with Crippen LogP contribution in [-0.2, 0) is 20.7 Å². The normalized spacial score (nSPS) is 12.5. The van der Waals surface area contributed by atoms with Gasteiger partial charge in [-0.2, -0.15) is 0 Å². The highest BCUT2D eigenvalue weighted by atomic mass is 16.5.